The van der Waals surface area contributed by atoms with Gasteiger partial charge in [-0.2, -0.15) is 0 Å². The van der Waals surface area contributed by atoms with E-state index in [1.54, 1.807) is 17.0 Å². The molecule has 0 saturated carbocycles. The number of aryl methyl sites for hydroxylation is 2. The lowest BCUT2D eigenvalue weighted by molar-refractivity contribution is -0.141. The van der Waals surface area contributed by atoms with Gasteiger partial charge in [-0.05, 0) is 48.1 Å². The molecule has 0 heterocycles. The van der Waals surface area contributed by atoms with Gasteiger partial charge in [0.1, 0.15) is 11.9 Å². The van der Waals surface area contributed by atoms with Crippen molar-refractivity contribution in [2.45, 2.75) is 52.6 Å². The summed E-state index contributed by atoms with van der Waals surface area (Å²) in [5, 5.41) is 3.02. The van der Waals surface area contributed by atoms with E-state index < -0.39 is 6.04 Å². The van der Waals surface area contributed by atoms with Crippen LogP contribution in [0, 0.1) is 18.7 Å². The maximum absolute atomic E-state index is 13.6. The van der Waals surface area contributed by atoms with Crippen molar-refractivity contribution in [3.8, 4) is 0 Å². The first-order chi connectivity index (χ1) is 16.8. The number of amides is 2. The van der Waals surface area contributed by atoms with Crippen LogP contribution < -0.4 is 5.32 Å². The van der Waals surface area contributed by atoms with Crippen molar-refractivity contribution in [3.05, 3.63) is 107 Å². The molecule has 3 aromatic carbocycles. The Morgan fingerprint density at radius 3 is 2.11 bits per heavy atom. The monoisotopic (exact) mass is 474 g/mol. The predicted molar refractivity (Wildman–Crippen MR) is 138 cm³/mol. The highest BCUT2D eigenvalue weighted by Crippen LogP contribution is 2.17. The molecule has 0 radical (unpaired) electrons. The zero-order chi connectivity index (χ0) is 25.2. The second kappa shape index (κ2) is 12.8. The fourth-order valence-corrected chi connectivity index (χ4v) is 3.91. The molecule has 5 heteroatoms. The van der Waals surface area contributed by atoms with Gasteiger partial charge >= 0.3 is 0 Å². The van der Waals surface area contributed by atoms with E-state index in [0.717, 1.165) is 16.7 Å². The predicted octanol–water partition coefficient (Wildman–Crippen LogP) is 5.48. The number of rotatable bonds is 11. The van der Waals surface area contributed by atoms with Crippen LogP contribution in [0.3, 0.4) is 0 Å². The SMILES string of the molecule is Cc1ccc(CCC(=O)N(Cc2ccc(F)cc2)C(Cc2ccccc2)C(=O)NCC(C)C)cc1. The van der Waals surface area contributed by atoms with Crippen LogP contribution in [-0.4, -0.2) is 29.3 Å². The van der Waals surface area contributed by atoms with Gasteiger partial charge in [-0.25, -0.2) is 4.39 Å². The average molecular weight is 475 g/mol. The van der Waals surface area contributed by atoms with Gasteiger partial charge in [-0.3, -0.25) is 9.59 Å². The van der Waals surface area contributed by atoms with Crippen molar-refractivity contribution in [1.82, 2.24) is 10.2 Å². The summed E-state index contributed by atoms with van der Waals surface area (Å²) in [6.07, 6.45) is 1.28. The van der Waals surface area contributed by atoms with E-state index >= 15 is 0 Å². The second-order valence-electron chi connectivity index (χ2n) is 9.48. The van der Waals surface area contributed by atoms with Gasteiger partial charge < -0.3 is 10.2 Å². The number of nitrogens with one attached hydrogen (secondary N) is 1. The van der Waals surface area contributed by atoms with Crippen molar-refractivity contribution in [3.63, 3.8) is 0 Å². The van der Waals surface area contributed by atoms with Crippen LogP contribution in [0.5, 0.6) is 0 Å². The van der Waals surface area contributed by atoms with Crippen LogP contribution in [0.15, 0.2) is 78.9 Å². The van der Waals surface area contributed by atoms with Gasteiger partial charge in [-0.15, -0.1) is 0 Å². The molecule has 0 saturated heterocycles. The number of benzene rings is 3. The Bertz CT molecular complexity index is 1080. The Labute approximate surface area is 208 Å². The molecule has 0 bridgehead atoms. The molecule has 4 nitrogen and oxygen atoms in total. The van der Waals surface area contributed by atoms with Crippen LogP contribution in [0.25, 0.3) is 0 Å². The molecule has 2 amide bonds. The summed E-state index contributed by atoms with van der Waals surface area (Å²) in [6.45, 7) is 6.87. The van der Waals surface area contributed by atoms with Gasteiger partial charge in [0.25, 0.3) is 0 Å². The minimum atomic E-state index is -0.674. The molecule has 0 aliphatic carbocycles. The molecule has 1 unspecified atom stereocenters. The summed E-state index contributed by atoms with van der Waals surface area (Å²) in [7, 11) is 0. The second-order valence-corrected chi connectivity index (χ2v) is 9.48. The minimum Gasteiger partial charge on any atom is -0.354 e. The Morgan fingerprint density at radius 2 is 1.49 bits per heavy atom. The molecular formula is C30H35FN2O2. The van der Waals surface area contributed by atoms with E-state index in [1.807, 2.05) is 75.4 Å². The van der Waals surface area contributed by atoms with Gasteiger partial charge in [0, 0.05) is 25.9 Å². The van der Waals surface area contributed by atoms with Crippen LogP contribution >= 0.6 is 0 Å². The summed E-state index contributed by atoms with van der Waals surface area (Å²) in [4.78, 5) is 28.6. The molecule has 3 aromatic rings. The molecule has 35 heavy (non-hydrogen) atoms. The lowest BCUT2D eigenvalue weighted by Crippen LogP contribution is -2.51. The first-order valence-electron chi connectivity index (χ1n) is 12.2. The molecule has 3 rings (SSSR count). The van der Waals surface area contributed by atoms with Crippen LogP contribution in [0.4, 0.5) is 4.39 Å². The van der Waals surface area contributed by atoms with E-state index in [2.05, 4.69) is 5.32 Å². The topological polar surface area (TPSA) is 49.4 Å². The fourth-order valence-electron chi connectivity index (χ4n) is 3.91. The minimum absolute atomic E-state index is 0.101. The third kappa shape index (κ3) is 8.36. The van der Waals surface area contributed by atoms with E-state index in [4.69, 9.17) is 0 Å². The lowest BCUT2D eigenvalue weighted by Gasteiger charge is -2.32. The first-order valence-corrected chi connectivity index (χ1v) is 12.2. The standard InChI is InChI=1S/C30H35FN2O2/c1-22(2)20-32-30(35)28(19-25-7-5-4-6-8-25)33(21-26-13-16-27(31)17-14-26)29(34)18-15-24-11-9-23(3)10-12-24/h4-14,16-17,22,28H,15,18-21H2,1-3H3,(H,32,35). The molecule has 184 valence electrons. The summed E-state index contributed by atoms with van der Waals surface area (Å²) in [5.41, 5.74) is 4.01. The molecule has 0 fully saturated rings. The van der Waals surface area contributed by atoms with Gasteiger partial charge in [0.15, 0.2) is 0 Å². The molecule has 1 N–H and O–H groups in total. The largest absolute Gasteiger partial charge is 0.354 e. The van der Waals surface area contributed by atoms with Crippen molar-refractivity contribution in [2.24, 2.45) is 5.92 Å². The number of nitrogens with zero attached hydrogens (tertiary/aromatic N) is 1. The summed E-state index contributed by atoms with van der Waals surface area (Å²) in [6, 6.07) is 23.3. The Kier molecular flexibility index (Phi) is 9.59. The molecule has 0 aliphatic rings. The summed E-state index contributed by atoms with van der Waals surface area (Å²) >= 11 is 0. The Morgan fingerprint density at radius 1 is 0.857 bits per heavy atom. The fraction of sp³-hybridized carbons (Fsp3) is 0.333. The van der Waals surface area contributed by atoms with Gasteiger partial charge in [0.05, 0.1) is 0 Å². The van der Waals surface area contributed by atoms with Crippen molar-refractivity contribution < 1.29 is 14.0 Å². The molecule has 0 aliphatic heterocycles. The van der Waals surface area contributed by atoms with Crippen LogP contribution in [-0.2, 0) is 29.0 Å². The normalized spacial score (nSPS) is 11.8. The Balaban J connectivity index is 1.88. The van der Waals surface area contributed by atoms with Gasteiger partial charge in [-0.1, -0.05) is 86.1 Å². The first kappa shape index (κ1) is 26.1. The van der Waals surface area contributed by atoms with Crippen LogP contribution in [0.2, 0.25) is 0 Å². The zero-order valence-corrected chi connectivity index (χ0v) is 20.8. The third-order valence-electron chi connectivity index (χ3n) is 5.97. The maximum atomic E-state index is 13.6. The van der Waals surface area contributed by atoms with E-state index in [-0.39, 0.29) is 30.6 Å². The Hall–Kier alpha value is -3.47. The van der Waals surface area contributed by atoms with E-state index in [1.165, 1.54) is 17.7 Å². The number of halogens is 1. The van der Waals surface area contributed by atoms with Crippen molar-refractivity contribution >= 4 is 11.8 Å². The quantitative estimate of drug-likeness (QED) is 0.400. The van der Waals surface area contributed by atoms with Crippen molar-refractivity contribution in [2.75, 3.05) is 6.54 Å². The molecule has 1 atom stereocenters. The highest BCUT2D eigenvalue weighted by atomic mass is 19.1. The maximum Gasteiger partial charge on any atom is 0.243 e. The van der Waals surface area contributed by atoms with Gasteiger partial charge in [0.2, 0.25) is 11.8 Å². The zero-order valence-electron chi connectivity index (χ0n) is 20.8. The summed E-state index contributed by atoms with van der Waals surface area (Å²) < 4.78 is 13.5. The third-order valence-corrected chi connectivity index (χ3v) is 5.97. The number of hydrogen-bond acceptors (Lipinski definition) is 2. The molecular weight excluding hydrogens is 439 g/mol. The van der Waals surface area contributed by atoms with E-state index in [9.17, 15) is 14.0 Å². The summed E-state index contributed by atoms with van der Waals surface area (Å²) in [5.74, 6) is -0.315. The smallest absolute Gasteiger partial charge is 0.243 e. The highest BCUT2D eigenvalue weighted by Gasteiger charge is 2.30. The van der Waals surface area contributed by atoms with E-state index in [0.29, 0.717) is 25.3 Å². The van der Waals surface area contributed by atoms with Crippen LogP contribution in [0.1, 0.15) is 42.5 Å². The van der Waals surface area contributed by atoms with Crippen molar-refractivity contribution in [1.29, 1.82) is 0 Å². The number of carbonyl (C=O) groups excluding carboxylic acids is 2. The molecule has 0 aromatic heterocycles. The number of carbonyl (C=O) groups is 2. The molecule has 0 spiro atoms. The lowest BCUT2D eigenvalue weighted by atomic mass is 10.0. The number of hydrogen-bond donors (Lipinski definition) is 1. The average Bonchev–Trinajstić information content (AvgIpc) is 2.86. The highest BCUT2D eigenvalue weighted by molar-refractivity contribution is 5.88.